The van der Waals surface area contributed by atoms with Gasteiger partial charge in [0.25, 0.3) is 0 Å². The monoisotopic (exact) mass is 141 g/mol. The lowest BCUT2D eigenvalue weighted by Crippen LogP contribution is -2.49. The van der Waals surface area contributed by atoms with Crippen molar-refractivity contribution in [2.75, 3.05) is 6.61 Å². The molecule has 1 heterocycles. The molecule has 1 amide bonds. The molecule has 1 N–H and O–H groups in total. The molecule has 2 rings (SSSR count). The van der Waals surface area contributed by atoms with E-state index in [0.29, 0.717) is 25.2 Å². The number of rotatable bonds is 0. The quantitative estimate of drug-likeness (QED) is 0.517. The lowest BCUT2D eigenvalue weighted by Gasteiger charge is -2.34. The molecule has 1 aliphatic carbocycles. The number of nitrogens with one attached hydrogen (secondary N) is 1. The minimum Gasteiger partial charge on any atom is -0.376 e. The first-order valence-electron chi connectivity index (χ1n) is 3.77. The standard InChI is InChI=1S/C7H11NO2/c9-7-3-4-10-6-2-1-5(6)8-7/h5-6H,1-4H2,(H,8,9). The molecule has 1 saturated carbocycles. The molecule has 0 spiro atoms. The zero-order valence-corrected chi connectivity index (χ0v) is 5.80. The van der Waals surface area contributed by atoms with Crippen LogP contribution >= 0.6 is 0 Å². The molecule has 2 aliphatic rings. The van der Waals surface area contributed by atoms with Gasteiger partial charge in [-0.25, -0.2) is 0 Å². The third-order valence-corrected chi connectivity index (χ3v) is 2.22. The molecule has 1 aliphatic heterocycles. The number of hydrogen-bond donors (Lipinski definition) is 1. The van der Waals surface area contributed by atoms with E-state index < -0.39 is 0 Å². The number of fused-ring (bicyclic) bond motifs is 1. The van der Waals surface area contributed by atoms with Crippen LogP contribution in [0.15, 0.2) is 0 Å². The van der Waals surface area contributed by atoms with Crippen LogP contribution in [0.25, 0.3) is 0 Å². The Morgan fingerprint density at radius 2 is 2.40 bits per heavy atom. The fourth-order valence-corrected chi connectivity index (χ4v) is 1.42. The van der Waals surface area contributed by atoms with Crippen molar-refractivity contribution in [3.05, 3.63) is 0 Å². The van der Waals surface area contributed by atoms with Crippen LogP contribution in [0.5, 0.6) is 0 Å². The van der Waals surface area contributed by atoms with Crippen molar-refractivity contribution >= 4 is 5.91 Å². The molecule has 0 bridgehead atoms. The first kappa shape index (κ1) is 6.16. The Bertz CT molecular complexity index is 158. The van der Waals surface area contributed by atoms with Crippen molar-refractivity contribution in [2.45, 2.75) is 31.4 Å². The summed E-state index contributed by atoms with van der Waals surface area (Å²) >= 11 is 0. The van der Waals surface area contributed by atoms with E-state index in [1.807, 2.05) is 0 Å². The first-order valence-corrected chi connectivity index (χ1v) is 3.77. The molecule has 0 aromatic rings. The van der Waals surface area contributed by atoms with Gasteiger partial charge in [0.05, 0.1) is 18.8 Å². The van der Waals surface area contributed by atoms with Crippen molar-refractivity contribution in [2.24, 2.45) is 0 Å². The van der Waals surface area contributed by atoms with Gasteiger partial charge in [-0.15, -0.1) is 0 Å². The average molecular weight is 141 g/mol. The third kappa shape index (κ3) is 0.904. The number of ether oxygens (including phenoxy) is 1. The Labute approximate surface area is 59.7 Å². The topological polar surface area (TPSA) is 38.3 Å². The fraction of sp³-hybridized carbons (Fsp3) is 0.857. The summed E-state index contributed by atoms with van der Waals surface area (Å²) in [5, 5.41) is 2.91. The van der Waals surface area contributed by atoms with E-state index in [9.17, 15) is 4.79 Å². The Morgan fingerprint density at radius 3 is 3.10 bits per heavy atom. The smallest absolute Gasteiger partial charge is 0.222 e. The van der Waals surface area contributed by atoms with E-state index in [2.05, 4.69) is 5.32 Å². The van der Waals surface area contributed by atoms with Crippen LogP contribution < -0.4 is 5.32 Å². The van der Waals surface area contributed by atoms with E-state index >= 15 is 0 Å². The van der Waals surface area contributed by atoms with Gasteiger partial charge in [-0.1, -0.05) is 0 Å². The number of carbonyl (C=O) groups is 1. The zero-order valence-electron chi connectivity index (χ0n) is 5.80. The highest BCUT2D eigenvalue weighted by Gasteiger charge is 2.34. The highest BCUT2D eigenvalue weighted by molar-refractivity contribution is 5.76. The Morgan fingerprint density at radius 1 is 1.50 bits per heavy atom. The molecule has 3 heteroatoms. The summed E-state index contributed by atoms with van der Waals surface area (Å²) in [6.07, 6.45) is 3.07. The lowest BCUT2D eigenvalue weighted by atomic mass is 9.89. The van der Waals surface area contributed by atoms with Gasteiger partial charge in [0.15, 0.2) is 0 Å². The molecular weight excluding hydrogens is 130 g/mol. The SMILES string of the molecule is O=C1CCOC2CCC2N1. The highest BCUT2D eigenvalue weighted by Crippen LogP contribution is 2.24. The average Bonchev–Trinajstić information content (AvgIpc) is 1.99. The van der Waals surface area contributed by atoms with E-state index in [4.69, 9.17) is 4.74 Å². The summed E-state index contributed by atoms with van der Waals surface area (Å²) < 4.78 is 5.39. The molecular formula is C7H11NO2. The first-order chi connectivity index (χ1) is 4.86. The van der Waals surface area contributed by atoms with Crippen LogP contribution in [-0.2, 0) is 9.53 Å². The molecule has 10 heavy (non-hydrogen) atoms. The molecule has 0 aromatic carbocycles. The van der Waals surface area contributed by atoms with Gasteiger partial charge in [0.2, 0.25) is 5.91 Å². The molecule has 2 fully saturated rings. The molecule has 3 nitrogen and oxygen atoms in total. The number of hydrogen-bond acceptors (Lipinski definition) is 2. The van der Waals surface area contributed by atoms with E-state index in [1.165, 1.54) is 0 Å². The Kier molecular flexibility index (Phi) is 1.38. The van der Waals surface area contributed by atoms with Crippen LogP contribution in [0, 0.1) is 0 Å². The largest absolute Gasteiger partial charge is 0.376 e. The maximum atomic E-state index is 10.9. The Hall–Kier alpha value is -0.570. The zero-order chi connectivity index (χ0) is 6.97. The second-order valence-corrected chi connectivity index (χ2v) is 2.91. The highest BCUT2D eigenvalue weighted by atomic mass is 16.5. The summed E-state index contributed by atoms with van der Waals surface area (Å²) in [5.74, 6) is 0.146. The van der Waals surface area contributed by atoms with Gasteiger partial charge in [-0.05, 0) is 12.8 Å². The summed E-state index contributed by atoms with van der Waals surface area (Å²) in [6.45, 7) is 0.604. The lowest BCUT2D eigenvalue weighted by molar-refractivity contribution is -0.121. The van der Waals surface area contributed by atoms with E-state index in [0.717, 1.165) is 12.8 Å². The minimum atomic E-state index is 0.146. The minimum absolute atomic E-state index is 0.146. The van der Waals surface area contributed by atoms with Gasteiger partial charge < -0.3 is 10.1 Å². The third-order valence-electron chi connectivity index (χ3n) is 2.22. The number of amides is 1. The van der Waals surface area contributed by atoms with Crippen molar-refractivity contribution in [1.82, 2.24) is 5.32 Å². The second kappa shape index (κ2) is 2.23. The number of carbonyl (C=O) groups excluding carboxylic acids is 1. The molecule has 1 saturated heterocycles. The molecule has 0 aromatic heterocycles. The summed E-state index contributed by atoms with van der Waals surface area (Å²) in [4.78, 5) is 10.9. The van der Waals surface area contributed by atoms with Crippen LogP contribution in [-0.4, -0.2) is 24.7 Å². The fourth-order valence-electron chi connectivity index (χ4n) is 1.42. The molecule has 0 radical (unpaired) electrons. The van der Waals surface area contributed by atoms with Crippen LogP contribution in [0.2, 0.25) is 0 Å². The van der Waals surface area contributed by atoms with Crippen LogP contribution in [0.3, 0.4) is 0 Å². The van der Waals surface area contributed by atoms with Crippen LogP contribution in [0.1, 0.15) is 19.3 Å². The van der Waals surface area contributed by atoms with Crippen molar-refractivity contribution in [3.63, 3.8) is 0 Å². The second-order valence-electron chi connectivity index (χ2n) is 2.91. The van der Waals surface area contributed by atoms with Gasteiger partial charge in [0, 0.05) is 6.42 Å². The van der Waals surface area contributed by atoms with Crippen molar-refractivity contribution in [3.8, 4) is 0 Å². The maximum Gasteiger partial charge on any atom is 0.222 e. The molecule has 56 valence electrons. The van der Waals surface area contributed by atoms with Gasteiger partial charge >= 0.3 is 0 Å². The molecule has 2 atom stereocenters. The van der Waals surface area contributed by atoms with E-state index in [1.54, 1.807) is 0 Å². The van der Waals surface area contributed by atoms with Gasteiger partial charge in [-0.3, -0.25) is 4.79 Å². The summed E-state index contributed by atoms with van der Waals surface area (Å²) in [5.41, 5.74) is 0. The normalized spacial score (nSPS) is 39.0. The summed E-state index contributed by atoms with van der Waals surface area (Å²) in [7, 11) is 0. The predicted molar refractivity (Wildman–Crippen MR) is 35.5 cm³/mol. The van der Waals surface area contributed by atoms with Gasteiger partial charge in [0.1, 0.15) is 0 Å². The molecule has 2 unspecified atom stereocenters. The summed E-state index contributed by atoms with van der Waals surface area (Å²) in [6, 6.07) is 0.329. The van der Waals surface area contributed by atoms with Gasteiger partial charge in [-0.2, -0.15) is 0 Å². The van der Waals surface area contributed by atoms with Crippen molar-refractivity contribution < 1.29 is 9.53 Å². The Balaban J connectivity index is 1.99. The maximum absolute atomic E-state index is 10.9. The van der Waals surface area contributed by atoms with E-state index in [-0.39, 0.29) is 5.91 Å². The predicted octanol–water partition coefficient (Wildman–Crippen LogP) is 0.0539. The van der Waals surface area contributed by atoms with Crippen molar-refractivity contribution in [1.29, 1.82) is 0 Å². The van der Waals surface area contributed by atoms with Crippen LogP contribution in [0.4, 0.5) is 0 Å².